The van der Waals surface area contributed by atoms with E-state index >= 15 is 0 Å². The van der Waals surface area contributed by atoms with Crippen molar-refractivity contribution in [3.05, 3.63) is 0 Å². The molecule has 0 aromatic heterocycles. The van der Waals surface area contributed by atoms with Gasteiger partial charge in [0, 0.05) is 0 Å². The van der Waals surface area contributed by atoms with Gasteiger partial charge in [-0.3, -0.25) is 0 Å². The maximum Gasteiger partial charge on any atom is 0.138 e. The smallest absolute Gasteiger partial charge is 0.138 e. The lowest BCUT2D eigenvalue weighted by Crippen LogP contribution is -1.85. The molecule has 1 radical (unpaired) electrons. The maximum atomic E-state index is 10.3. The zero-order valence-electron chi connectivity index (χ0n) is 3.52. The highest BCUT2D eigenvalue weighted by Crippen LogP contribution is 2.23. The van der Waals surface area contributed by atoms with Crippen molar-refractivity contribution in [1.29, 1.82) is 0 Å². The lowest BCUT2D eigenvalue weighted by Gasteiger charge is -1.86. The van der Waals surface area contributed by atoms with Crippen LogP contribution in [0.4, 0.5) is 0 Å². The van der Waals surface area contributed by atoms with Crippen LogP contribution >= 0.6 is 11.8 Å². The first-order valence-corrected chi connectivity index (χ1v) is 3.22. The van der Waals surface area contributed by atoms with E-state index in [0.29, 0.717) is 0 Å². The number of rotatable bonds is 0. The minimum absolute atomic E-state index is 0.287. The molecule has 0 bridgehead atoms. The van der Waals surface area contributed by atoms with E-state index in [4.69, 9.17) is 0 Å². The lowest BCUT2D eigenvalue weighted by molar-refractivity contribution is 0.163. The molecule has 2 heteroatoms. The van der Waals surface area contributed by atoms with Gasteiger partial charge in [-0.15, -0.1) is 11.8 Å². The van der Waals surface area contributed by atoms with E-state index in [0.717, 1.165) is 18.6 Å². The van der Waals surface area contributed by atoms with Gasteiger partial charge in [-0.2, -0.15) is 0 Å². The standard InChI is InChI=1S/C4H7OS/c5-4-2-1-3-6-4/h4H,1-3H2. The molecule has 0 aromatic carbocycles. The molecule has 1 fully saturated rings. The average molecular weight is 103 g/mol. The predicted octanol–water partition coefficient (Wildman–Crippen LogP) is 1.27. The summed E-state index contributed by atoms with van der Waals surface area (Å²) in [5.41, 5.74) is -0.287. The summed E-state index contributed by atoms with van der Waals surface area (Å²) in [4.78, 5) is 0. The van der Waals surface area contributed by atoms with E-state index < -0.39 is 0 Å². The number of hydrogen-bond acceptors (Lipinski definition) is 1. The lowest BCUT2D eigenvalue weighted by atomic mass is 10.4. The summed E-state index contributed by atoms with van der Waals surface area (Å²) >= 11 is 1.54. The Morgan fingerprint density at radius 2 is 2.50 bits per heavy atom. The van der Waals surface area contributed by atoms with Crippen molar-refractivity contribution in [2.24, 2.45) is 0 Å². The quantitative estimate of drug-likeness (QED) is 0.452. The highest BCUT2D eigenvalue weighted by molar-refractivity contribution is 7.99. The van der Waals surface area contributed by atoms with Crippen molar-refractivity contribution >= 4 is 11.8 Å². The zero-order valence-corrected chi connectivity index (χ0v) is 4.33. The molecule has 1 saturated heterocycles. The molecule has 0 aromatic rings. The molecular weight excluding hydrogens is 96.1 g/mol. The fraction of sp³-hybridized carbons (Fsp3) is 1.00. The average Bonchev–Trinajstić information content (AvgIpc) is 1.86. The second-order valence-electron chi connectivity index (χ2n) is 1.44. The van der Waals surface area contributed by atoms with Crippen molar-refractivity contribution in [3.63, 3.8) is 0 Å². The summed E-state index contributed by atoms with van der Waals surface area (Å²) in [5.74, 6) is 1.09. The Kier molecular flexibility index (Phi) is 1.37. The van der Waals surface area contributed by atoms with E-state index in [2.05, 4.69) is 0 Å². The van der Waals surface area contributed by atoms with Gasteiger partial charge in [0.2, 0.25) is 0 Å². The van der Waals surface area contributed by atoms with Gasteiger partial charge in [-0.25, -0.2) is 5.11 Å². The van der Waals surface area contributed by atoms with Crippen molar-refractivity contribution in [1.82, 2.24) is 0 Å². The molecule has 0 N–H and O–H groups in total. The predicted molar refractivity (Wildman–Crippen MR) is 26.2 cm³/mol. The van der Waals surface area contributed by atoms with Crippen LogP contribution < -0.4 is 0 Å². The molecule has 1 rings (SSSR count). The molecule has 6 heavy (non-hydrogen) atoms. The monoisotopic (exact) mass is 103 g/mol. The topological polar surface area (TPSA) is 19.9 Å². The zero-order chi connectivity index (χ0) is 4.41. The molecule has 1 atom stereocenters. The minimum Gasteiger partial charge on any atom is -0.221 e. The first-order valence-electron chi connectivity index (χ1n) is 2.17. The summed E-state index contributed by atoms with van der Waals surface area (Å²) in [6, 6.07) is 0. The Labute approximate surface area is 41.7 Å². The first-order chi connectivity index (χ1) is 2.89. The van der Waals surface area contributed by atoms with E-state index in [9.17, 15) is 5.11 Å². The highest BCUT2D eigenvalue weighted by Gasteiger charge is 2.11. The first kappa shape index (κ1) is 4.47. The van der Waals surface area contributed by atoms with Crippen LogP contribution in [0.15, 0.2) is 0 Å². The molecule has 1 aliphatic heterocycles. The van der Waals surface area contributed by atoms with Crippen LogP contribution in [0.1, 0.15) is 12.8 Å². The summed E-state index contributed by atoms with van der Waals surface area (Å²) < 4.78 is 0. The van der Waals surface area contributed by atoms with Crippen LogP contribution in [0.25, 0.3) is 0 Å². The van der Waals surface area contributed by atoms with E-state index in [-0.39, 0.29) is 5.44 Å². The molecule has 0 saturated carbocycles. The Morgan fingerprint density at radius 1 is 1.67 bits per heavy atom. The molecule has 1 aliphatic rings. The fourth-order valence-corrected chi connectivity index (χ4v) is 1.48. The van der Waals surface area contributed by atoms with Gasteiger partial charge in [-0.05, 0) is 18.6 Å². The van der Waals surface area contributed by atoms with Gasteiger partial charge >= 0.3 is 0 Å². The van der Waals surface area contributed by atoms with E-state index in [1.807, 2.05) is 0 Å². The normalized spacial score (nSPS) is 34.5. The maximum absolute atomic E-state index is 10.3. The van der Waals surface area contributed by atoms with Gasteiger partial charge in [0.1, 0.15) is 5.44 Å². The molecule has 1 unspecified atom stereocenters. The third kappa shape index (κ3) is 0.884. The number of hydrogen-bond donors (Lipinski definition) is 0. The van der Waals surface area contributed by atoms with Gasteiger partial charge in [0.05, 0.1) is 0 Å². The van der Waals surface area contributed by atoms with Crippen molar-refractivity contribution in [2.45, 2.75) is 18.3 Å². The van der Waals surface area contributed by atoms with E-state index in [1.165, 1.54) is 0 Å². The van der Waals surface area contributed by atoms with Crippen LogP contribution in [0, 0.1) is 0 Å². The van der Waals surface area contributed by atoms with Crippen molar-refractivity contribution < 1.29 is 5.11 Å². The summed E-state index contributed by atoms with van der Waals surface area (Å²) in [6.45, 7) is 0. The van der Waals surface area contributed by atoms with Gasteiger partial charge < -0.3 is 0 Å². The largest absolute Gasteiger partial charge is 0.221 e. The third-order valence-electron chi connectivity index (χ3n) is 0.888. The van der Waals surface area contributed by atoms with E-state index in [1.54, 1.807) is 11.8 Å². The molecule has 1 heterocycles. The van der Waals surface area contributed by atoms with Crippen molar-refractivity contribution in [3.8, 4) is 0 Å². The SMILES string of the molecule is [O]C1CCCS1. The van der Waals surface area contributed by atoms with Crippen LogP contribution in [-0.2, 0) is 5.11 Å². The van der Waals surface area contributed by atoms with Crippen LogP contribution in [0.2, 0.25) is 0 Å². The second-order valence-corrected chi connectivity index (χ2v) is 2.71. The number of thioether (sulfide) groups is 1. The Balaban J connectivity index is 2.18. The van der Waals surface area contributed by atoms with Gasteiger partial charge in [0.25, 0.3) is 0 Å². The molecule has 0 aliphatic carbocycles. The molecule has 1 nitrogen and oxygen atoms in total. The summed E-state index contributed by atoms with van der Waals surface area (Å²) in [7, 11) is 0. The van der Waals surface area contributed by atoms with Crippen LogP contribution in [0.3, 0.4) is 0 Å². The summed E-state index contributed by atoms with van der Waals surface area (Å²) in [6.07, 6.45) is 2.03. The van der Waals surface area contributed by atoms with Gasteiger partial charge in [-0.1, -0.05) is 0 Å². The summed E-state index contributed by atoms with van der Waals surface area (Å²) in [5, 5.41) is 10.3. The van der Waals surface area contributed by atoms with Crippen LogP contribution in [0.5, 0.6) is 0 Å². The third-order valence-corrected chi connectivity index (χ3v) is 2.02. The molecule has 35 valence electrons. The Bertz CT molecular complexity index is 40.8. The van der Waals surface area contributed by atoms with Crippen LogP contribution in [-0.4, -0.2) is 11.2 Å². The Morgan fingerprint density at radius 3 is 2.67 bits per heavy atom. The minimum atomic E-state index is -0.287. The molecule has 0 spiro atoms. The Hall–Kier alpha value is 0.310. The van der Waals surface area contributed by atoms with Crippen molar-refractivity contribution in [2.75, 3.05) is 5.75 Å². The molecular formula is C4H7OS. The highest BCUT2D eigenvalue weighted by atomic mass is 32.2. The van der Waals surface area contributed by atoms with Gasteiger partial charge in [0.15, 0.2) is 0 Å². The molecule has 0 amide bonds. The fourth-order valence-electron chi connectivity index (χ4n) is 0.548. The second kappa shape index (κ2) is 1.85.